The van der Waals surface area contributed by atoms with Gasteiger partial charge in [0.2, 0.25) is 10.0 Å². The van der Waals surface area contributed by atoms with Gasteiger partial charge in [0.25, 0.3) is 11.6 Å². The van der Waals surface area contributed by atoms with Gasteiger partial charge in [-0.05, 0) is 73.2 Å². The van der Waals surface area contributed by atoms with Gasteiger partial charge < -0.3 is 15.8 Å². The minimum absolute atomic E-state index is 0.155. The first-order valence-corrected chi connectivity index (χ1v) is 16.7. The monoisotopic (exact) mass is 643 g/mol. The van der Waals surface area contributed by atoms with Crippen LogP contribution in [0.25, 0.3) is 5.69 Å². The van der Waals surface area contributed by atoms with E-state index in [-0.39, 0.29) is 29.7 Å². The molecule has 2 fully saturated rings. The number of amides is 1. The zero-order chi connectivity index (χ0) is 32.0. The Morgan fingerprint density at radius 2 is 1.70 bits per heavy atom. The van der Waals surface area contributed by atoms with Gasteiger partial charge in [-0.15, -0.1) is 0 Å². The van der Waals surface area contributed by atoms with Crippen LogP contribution in [0.5, 0.6) is 11.5 Å². The Kier molecular flexibility index (Phi) is 7.71. The average molecular weight is 644 g/mol. The molecule has 1 saturated carbocycles. The first-order chi connectivity index (χ1) is 22.2. The summed E-state index contributed by atoms with van der Waals surface area (Å²) >= 11 is 0. The molecule has 0 spiro atoms. The lowest BCUT2D eigenvalue weighted by molar-refractivity contribution is -0.387. The lowest BCUT2D eigenvalue weighted by atomic mass is 10.0. The van der Waals surface area contributed by atoms with E-state index in [9.17, 15) is 23.3 Å². The predicted octanol–water partition coefficient (Wildman–Crippen LogP) is 4.41. The first kappa shape index (κ1) is 29.9. The smallest absolute Gasteiger partial charge is 0.289 e. The highest BCUT2D eigenvalue weighted by molar-refractivity contribution is 7.89. The normalized spacial score (nSPS) is 18.8. The molecular weight excluding hydrogens is 610 g/mol. The van der Waals surface area contributed by atoms with Crippen molar-refractivity contribution < 1.29 is 22.9 Å². The predicted molar refractivity (Wildman–Crippen MR) is 170 cm³/mol. The number of nitrogens with zero attached hydrogens (tertiary/aromatic N) is 5. The van der Waals surface area contributed by atoms with Crippen LogP contribution in [-0.2, 0) is 10.0 Å². The Balaban J connectivity index is 1.10. The van der Waals surface area contributed by atoms with E-state index in [2.05, 4.69) is 22.3 Å². The fourth-order valence-electron chi connectivity index (χ4n) is 6.34. The number of nitro groups is 1. The second kappa shape index (κ2) is 11.9. The Morgan fingerprint density at radius 1 is 0.957 bits per heavy atom. The summed E-state index contributed by atoms with van der Waals surface area (Å²) in [4.78, 5) is 25.4. The molecule has 0 unspecified atom stereocenters. The quantitative estimate of drug-likeness (QED) is 0.198. The first-order valence-electron chi connectivity index (χ1n) is 15.2. The summed E-state index contributed by atoms with van der Waals surface area (Å²) in [5.41, 5.74) is 8.82. The van der Waals surface area contributed by atoms with Gasteiger partial charge >= 0.3 is 0 Å². The van der Waals surface area contributed by atoms with Gasteiger partial charge in [-0.2, -0.15) is 9.40 Å². The Morgan fingerprint density at radius 3 is 2.39 bits per heavy atom. The van der Waals surface area contributed by atoms with Gasteiger partial charge in [0.1, 0.15) is 17.2 Å². The zero-order valence-corrected chi connectivity index (χ0v) is 25.7. The number of aromatic nitrogens is 2. The van der Waals surface area contributed by atoms with Crippen molar-refractivity contribution in [2.45, 2.75) is 36.1 Å². The molecule has 3 N–H and O–H groups in total. The summed E-state index contributed by atoms with van der Waals surface area (Å²) in [6.45, 7) is 1.66. The number of hydrogen-bond donors (Lipinski definition) is 2. The molecule has 2 aliphatic heterocycles. The summed E-state index contributed by atoms with van der Waals surface area (Å²) in [5.74, 6) is 1.42. The minimum Gasteiger partial charge on any atom is -0.457 e. The van der Waals surface area contributed by atoms with E-state index >= 15 is 0 Å². The average Bonchev–Trinajstić information content (AvgIpc) is 3.84. The molecular formula is C32H33N7O6S. The molecule has 1 aromatic heterocycles. The molecule has 13 nitrogen and oxygen atoms in total. The van der Waals surface area contributed by atoms with Crippen LogP contribution in [0.4, 0.5) is 11.4 Å². The molecule has 3 heterocycles. The number of primary amides is 1. The fraction of sp³-hybridized carbons (Fsp3) is 0.312. The maximum atomic E-state index is 13.4. The van der Waals surface area contributed by atoms with E-state index in [0.29, 0.717) is 54.8 Å². The van der Waals surface area contributed by atoms with Crippen LogP contribution < -0.4 is 15.8 Å². The maximum Gasteiger partial charge on any atom is 0.289 e. The molecule has 46 heavy (non-hydrogen) atoms. The Labute approximate surface area is 265 Å². The molecule has 14 heteroatoms. The number of para-hydroxylation sites is 1. The van der Waals surface area contributed by atoms with Crippen molar-refractivity contribution in [1.82, 2.24) is 19.0 Å². The van der Waals surface area contributed by atoms with Crippen LogP contribution in [0.2, 0.25) is 0 Å². The number of carbonyl (C=O) groups is 1. The summed E-state index contributed by atoms with van der Waals surface area (Å²) in [7, 11) is -4.07. The minimum atomic E-state index is -4.07. The van der Waals surface area contributed by atoms with Gasteiger partial charge in [-0.25, -0.2) is 13.1 Å². The number of ether oxygens (including phenoxy) is 1. The second-order valence-corrected chi connectivity index (χ2v) is 13.6. The molecule has 7 rings (SSSR count). The number of sulfonamides is 1. The molecule has 0 radical (unpaired) electrons. The van der Waals surface area contributed by atoms with Crippen molar-refractivity contribution in [2.75, 3.05) is 38.0 Å². The molecule has 3 aromatic carbocycles. The topological polar surface area (TPSA) is 166 Å². The van der Waals surface area contributed by atoms with Crippen molar-refractivity contribution >= 4 is 27.3 Å². The summed E-state index contributed by atoms with van der Waals surface area (Å²) < 4.78 is 35.7. The molecule has 4 aromatic rings. The van der Waals surface area contributed by atoms with Crippen LogP contribution in [0.15, 0.2) is 77.7 Å². The summed E-state index contributed by atoms with van der Waals surface area (Å²) in [6, 6.07) is 20.6. The van der Waals surface area contributed by atoms with Crippen LogP contribution in [0, 0.1) is 10.1 Å². The van der Waals surface area contributed by atoms with Crippen molar-refractivity contribution in [3.05, 3.63) is 99.9 Å². The van der Waals surface area contributed by atoms with Crippen molar-refractivity contribution in [3.63, 3.8) is 0 Å². The standard InChI is InChI=1S/C32H33N7O6S/c33-32(40)31-30-29(35-38(31)23-10-12-24(13-11-23)45-25-5-3-4-22(20-25)21-8-9-21)27(14-15-34-30)36-16-18-37(19-17-36)46(43,44)28-7-2-1-6-26(28)39(41)42/h1-7,10-13,20-21,27,34H,8-9,14-19H2,(H2,33,40)/t27-/m1/s1. The van der Waals surface area contributed by atoms with E-state index in [1.807, 2.05) is 36.4 Å². The zero-order valence-electron chi connectivity index (χ0n) is 24.9. The van der Waals surface area contributed by atoms with Gasteiger partial charge in [0.05, 0.1) is 22.3 Å². The Bertz CT molecular complexity index is 1920. The number of anilines is 1. The van der Waals surface area contributed by atoms with Crippen molar-refractivity contribution in [3.8, 4) is 17.2 Å². The second-order valence-electron chi connectivity index (χ2n) is 11.7. The molecule has 0 bridgehead atoms. The Hall–Kier alpha value is -4.79. The van der Waals surface area contributed by atoms with Crippen LogP contribution in [0.3, 0.4) is 0 Å². The van der Waals surface area contributed by atoms with E-state index in [0.717, 1.165) is 5.75 Å². The number of benzene rings is 3. The van der Waals surface area contributed by atoms with Gasteiger partial charge in [-0.3, -0.25) is 19.8 Å². The molecule has 1 saturated heterocycles. The third-order valence-corrected chi connectivity index (χ3v) is 10.7. The van der Waals surface area contributed by atoms with Crippen molar-refractivity contribution in [1.29, 1.82) is 0 Å². The fourth-order valence-corrected chi connectivity index (χ4v) is 7.92. The number of nitrogens with two attached hydrogens (primary N) is 1. The molecule has 238 valence electrons. The number of fused-ring (bicyclic) bond motifs is 1. The number of carbonyl (C=O) groups excluding carboxylic acids is 1. The summed E-state index contributed by atoms with van der Waals surface area (Å²) in [6.07, 6.45) is 3.11. The van der Waals surface area contributed by atoms with Gasteiger partial charge in [0, 0.05) is 38.8 Å². The summed E-state index contributed by atoms with van der Waals surface area (Å²) in [5, 5.41) is 19.7. The molecule has 1 atom stereocenters. The van der Waals surface area contributed by atoms with Crippen molar-refractivity contribution in [2.24, 2.45) is 5.73 Å². The third-order valence-electron chi connectivity index (χ3n) is 8.80. The van der Waals surface area contributed by atoms with E-state index in [1.54, 1.807) is 4.68 Å². The highest BCUT2D eigenvalue weighted by atomic mass is 32.2. The highest BCUT2D eigenvalue weighted by Gasteiger charge is 2.38. The number of nitrogens with one attached hydrogen (secondary N) is 1. The SMILES string of the molecule is NC(=O)c1c2c(nn1-c1ccc(Oc3cccc(C4CC4)c3)cc1)[C@H](N1CCN(S(=O)(=O)c3ccccc3[N+](=O)[O-])CC1)CCN2. The maximum absolute atomic E-state index is 13.4. The van der Waals surface area contributed by atoms with E-state index in [4.69, 9.17) is 15.6 Å². The number of rotatable bonds is 9. The van der Waals surface area contributed by atoms with Crippen LogP contribution in [0.1, 0.15) is 53.0 Å². The molecule has 1 amide bonds. The molecule has 3 aliphatic rings. The largest absolute Gasteiger partial charge is 0.457 e. The number of nitro benzene ring substituents is 1. The lowest BCUT2D eigenvalue weighted by Gasteiger charge is -2.39. The molecule has 1 aliphatic carbocycles. The number of piperazine rings is 1. The van der Waals surface area contributed by atoms with Gasteiger partial charge in [0.15, 0.2) is 10.6 Å². The van der Waals surface area contributed by atoms with E-state index < -0.39 is 26.5 Å². The van der Waals surface area contributed by atoms with E-state index in [1.165, 1.54) is 47.0 Å². The lowest BCUT2D eigenvalue weighted by Crippen LogP contribution is -2.50. The van der Waals surface area contributed by atoms with Crippen LogP contribution >= 0.6 is 0 Å². The highest BCUT2D eigenvalue weighted by Crippen LogP contribution is 2.42. The number of hydrogen-bond acceptors (Lipinski definition) is 9. The van der Waals surface area contributed by atoms with Crippen LogP contribution in [-0.4, -0.2) is 71.0 Å². The third kappa shape index (κ3) is 5.59. The van der Waals surface area contributed by atoms with Gasteiger partial charge in [-0.1, -0.05) is 24.3 Å².